The van der Waals surface area contributed by atoms with Crippen LogP contribution in [0.1, 0.15) is 19.8 Å². The van der Waals surface area contributed by atoms with Gasteiger partial charge < -0.3 is 5.11 Å². The van der Waals surface area contributed by atoms with Crippen molar-refractivity contribution in [2.75, 3.05) is 6.61 Å². The van der Waals surface area contributed by atoms with Crippen LogP contribution in [-0.2, 0) is 0 Å². The van der Waals surface area contributed by atoms with Crippen LogP contribution >= 0.6 is 0 Å². The lowest BCUT2D eigenvalue weighted by Crippen LogP contribution is -2.03. The molecule has 0 aliphatic carbocycles. The van der Waals surface area contributed by atoms with Gasteiger partial charge in [-0.1, -0.05) is 13.3 Å². The summed E-state index contributed by atoms with van der Waals surface area (Å²) in [5.74, 6) is 0. The lowest BCUT2D eigenvalue weighted by molar-refractivity contribution is 0.169. The van der Waals surface area contributed by atoms with Crippen molar-refractivity contribution >= 4 is 0 Å². The van der Waals surface area contributed by atoms with Crippen molar-refractivity contribution in [3.05, 3.63) is 0 Å². The Hall–Kier alpha value is -0.110. The predicted molar refractivity (Wildman–Crippen MR) is 26.9 cm³/mol. The molecule has 0 aromatic heterocycles. The number of aliphatic hydroxyl groups is 1. The van der Waals surface area contributed by atoms with Gasteiger partial charge in [0.2, 0.25) is 0 Å². The summed E-state index contributed by atoms with van der Waals surface area (Å²) in [6.45, 7) is 1.57. The zero-order valence-corrected chi connectivity index (χ0v) is 4.52. The summed E-state index contributed by atoms with van der Waals surface area (Å²) < 4.78 is 11.9. The first kappa shape index (κ1) is 6.89. The molecule has 0 rings (SSSR count). The quantitative estimate of drug-likeness (QED) is 0.571. The molecule has 0 aromatic rings. The fraction of sp³-hybridized carbons (Fsp3) is 1.00. The Morgan fingerprint density at radius 1 is 1.71 bits per heavy atom. The Kier molecular flexibility index (Phi) is 4.00. The molecule has 0 aliphatic heterocycles. The second kappa shape index (κ2) is 4.06. The largest absolute Gasteiger partial charge is 0.393 e. The summed E-state index contributed by atoms with van der Waals surface area (Å²) in [6, 6.07) is 0. The van der Waals surface area contributed by atoms with Crippen molar-refractivity contribution in [1.82, 2.24) is 0 Å². The first-order valence-corrected chi connectivity index (χ1v) is 2.56. The summed E-state index contributed by atoms with van der Waals surface area (Å²) in [4.78, 5) is 0. The zero-order chi connectivity index (χ0) is 5.70. The van der Waals surface area contributed by atoms with Crippen LogP contribution in [0.4, 0.5) is 4.39 Å². The van der Waals surface area contributed by atoms with E-state index >= 15 is 0 Å². The van der Waals surface area contributed by atoms with E-state index in [0.717, 1.165) is 6.42 Å². The summed E-state index contributed by atoms with van der Waals surface area (Å²) >= 11 is 0. The van der Waals surface area contributed by atoms with Gasteiger partial charge in [0.05, 0.1) is 6.61 Å². The molecule has 0 saturated carbocycles. The molecule has 0 heterocycles. The molecule has 0 bridgehead atoms. The molecule has 0 saturated heterocycles. The second-order valence-electron chi connectivity index (χ2n) is 1.57. The van der Waals surface area contributed by atoms with Crippen LogP contribution in [0, 0.1) is 0 Å². The van der Waals surface area contributed by atoms with Crippen LogP contribution in [0.2, 0.25) is 0 Å². The monoisotopic (exact) mass is 106 g/mol. The molecule has 0 amide bonds. The Morgan fingerprint density at radius 3 is 2.43 bits per heavy atom. The van der Waals surface area contributed by atoms with Crippen LogP contribution in [0.3, 0.4) is 0 Å². The Balaban J connectivity index is 2.83. The summed E-state index contributed by atoms with van der Waals surface area (Å²) in [7, 11) is 0. The van der Waals surface area contributed by atoms with Gasteiger partial charge in [-0.2, -0.15) is 0 Å². The number of hydrogen-bond acceptors (Lipinski definition) is 1. The second-order valence-corrected chi connectivity index (χ2v) is 1.57. The van der Waals surface area contributed by atoms with Crippen LogP contribution in [0.25, 0.3) is 0 Å². The minimum Gasteiger partial charge on any atom is -0.393 e. The highest BCUT2D eigenvalue weighted by atomic mass is 19.1. The van der Waals surface area contributed by atoms with Crippen LogP contribution < -0.4 is 0 Å². The van der Waals surface area contributed by atoms with Crippen molar-refractivity contribution in [2.45, 2.75) is 25.9 Å². The average molecular weight is 106 g/mol. The molecule has 44 valence electrons. The zero-order valence-electron chi connectivity index (χ0n) is 4.52. The van der Waals surface area contributed by atoms with E-state index in [0.29, 0.717) is 6.42 Å². The molecular formula is C5H11FO. The standard InChI is InChI=1S/C5H11FO/c1-2-3-5(6)4-7/h5,7H,2-4H2,1H3. The lowest BCUT2D eigenvalue weighted by atomic mass is 10.2. The minimum absolute atomic E-state index is 0.326. The molecule has 0 radical (unpaired) electrons. The van der Waals surface area contributed by atoms with Gasteiger partial charge in [0.15, 0.2) is 0 Å². The first-order valence-electron chi connectivity index (χ1n) is 2.56. The molecule has 1 unspecified atom stereocenters. The van der Waals surface area contributed by atoms with Crippen molar-refractivity contribution in [3.63, 3.8) is 0 Å². The van der Waals surface area contributed by atoms with E-state index in [4.69, 9.17) is 5.11 Å². The topological polar surface area (TPSA) is 20.2 Å². The van der Waals surface area contributed by atoms with E-state index in [1.807, 2.05) is 6.92 Å². The van der Waals surface area contributed by atoms with Gasteiger partial charge in [-0.15, -0.1) is 0 Å². The number of halogens is 1. The smallest absolute Gasteiger partial charge is 0.123 e. The van der Waals surface area contributed by atoms with Crippen LogP contribution in [-0.4, -0.2) is 17.9 Å². The highest BCUT2D eigenvalue weighted by Gasteiger charge is 1.99. The maximum atomic E-state index is 11.9. The fourth-order valence-electron chi connectivity index (χ4n) is 0.405. The van der Waals surface area contributed by atoms with Gasteiger partial charge >= 0.3 is 0 Å². The number of rotatable bonds is 3. The van der Waals surface area contributed by atoms with Crippen molar-refractivity contribution < 1.29 is 9.50 Å². The van der Waals surface area contributed by atoms with Gasteiger partial charge in [-0.25, -0.2) is 4.39 Å². The van der Waals surface area contributed by atoms with Gasteiger partial charge in [-0.3, -0.25) is 0 Å². The predicted octanol–water partition coefficient (Wildman–Crippen LogP) is 1.12. The fourth-order valence-corrected chi connectivity index (χ4v) is 0.405. The molecule has 1 N–H and O–H groups in total. The van der Waals surface area contributed by atoms with Gasteiger partial charge in [0.25, 0.3) is 0 Å². The van der Waals surface area contributed by atoms with E-state index in [2.05, 4.69) is 0 Å². The van der Waals surface area contributed by atoms with Gasteiger partial charge in [-0.05, 0) is 6.42 Å². The molecule has 0 fully saturated rings. The lowest BCUT2D eigenvalue weighted by Gasteiger charge is -1.97. The third kappa shape index (κ3) is 3.73. The maximum Gasteiger partial charge on any atom is 0.123 e. The molecular weight excluding hydrogens is 95.1 g/mol. The summed E-state index contributed by atoms with van der Waals surface area (Å²) in [5, 5.41) is 8.09. The van der Waals surface area contributed by atoms with Crippen molar-refractivity contribution in [2.24, 2.45) is 0 Å². The number of aliphatic hydroxyl groups excluding tert-OH is 1. The highest BCUT2D eigenvalue weighted by molar-refractivity contribution is 4.49. The Morgan fingerprint density at radius 2 is 2.29 bits per heavy atom. The molecule has 0 aromatic carbocycles. The van der Waals surface area contributed by atoms with Gasteiger partial charge in [0.1, 0.15) is 6.17 Å². The van der Waals surface area contributed by atoms with Crippen LogP contribution in [0.5, 0.6) is 0 Å². The third-order valence-electron chi connectivity index (χ3n) is 0.800. The summed E-state index contributed by atoms with van der Waals surface area (Å²) in [5.41, 5.74) is 0. The number of hydrogen-bond donors (Lipinski definition) is 1. The normalized spacial score (nSPS) is 14.1. The molecule has 7 heavy (non-hydrogen) atoms. The first-order chi connectivity index (χ1) is 3.31. The Bertz CT molecular complexity index is 39.1. The SMILES string of the molecule is CCCC(F)CO. The maximum absolute atomic E-state index is 11.9. The summed E-state index contributed by atoms with van der Waals surface area (Å²) in [6.07, 6.45) is 0.295. The Labute approximate surface area is 43.2 Å². The van der Waals surface area contributed by atoms with E-state index in [1.54, 1.807) is 0 Å². The molecule has 2 heteroatoms. The average Bonchev–Trinajstić information content (AvgIpc) is 1.68. The van der Waals surface area contributed by atoms with Crippen molar-refractivity contribution in [3.8, 4) is 0 Å². The molecule has 0 spiro atoms. The van der Waals surface area contributed by atoms with E-state index in [9.17, 15) is 4.39 Å². The van der Waals surface area contributed by atoms with E-state index in [1.165, 1.54) is 0 Å². The van der Waals surface area contributed by atoms with Crippen molar-refractivity contribution in [1.29, 1.82) is 0 Å². The van der Waals surface area contributed by atoms with Gasteiger partial charge in [0, 0.05) is 0 Å². The third-order valence-corrected chi connectivity index (χ3v) is 0.800. The highest BCUT2D eigenvalue weighted by Crippen LogP contribution is 1.97. The van der Waals surface area contributed by atoms with E-state index < -0.39 is 6.17 Å². The van der Waals surface area contributed by atoms with E-state index in [-0.39, 0.29) is 6.61 Å². The minimum atomic E-state index is -0.995. The van der Waals surface area contributed by atoms with Crippen LogP contribution in [0.15, 0.2) is 0 Å². The molecule has 1 atom stereocenters. The molecule has 1 nitrogen and oxygen atoms in total. The molecule has 0 aliphatic rings. The number of alkyl halides is 1.